The molecule has 0 aliphatic carbocycles. The van der Waals surface area contributed by atoms with Crippen molar-refractivity contribution < 1.29 is 4.79 Å². The normalized spacial score (nSPS) is 10.9. The highest BCUT2D eigenvalue weighted by molar-refractivity contribution is 7.99. The van der Waals surface area contributed by atoms with Gasteiger partial charge in [-0.05, 0) is 18.2 Å². The zero-order valence-corrected chi connectivity index (χ0v) is 16.0. The van der Waals surface area contributed by atoms with Gasteiger partial charge in [0, 0.05) is 19.1 Å². The van der Waals surface area contributed by atoms with Crippen molar-refractivity contribution in [2.24, 2.45) is 14.1 Å². The van der Waals surface area contributed by atoms with Crippen molar-refractivity contribution in [3.05, 3.63) is 62.0 Å². The molecule has 140 valence electrons. The van der Waals surface area contributed by atoms with E-state index >= 15 is 0 Å². The number of carbonyl (C=O) groups is 1. The second-order valence-corrected chi connectivity index (χ2v) is 7.02. The SMILES string of the molecule is Cn1c(N)c(C(=O)CSc2nncn2-c2cccc(Cl)c2)c(=O)n(C)c1=O. The topological polar surface area (TPSA) is 118 Å². The molecule has 1 aromatic carbocycles. The van der Waals surface area contributed by atoms with Gasteiger partial charge in [-0.15, -0.1) is 10.2 Å². The molecule has 0 amide bonds. The van der Waals surface area contributed by atoms with E-state index in [0.717, 1.165) is 26.6 Å². The van der Waals surface area contributed by atoms with Gasteiger partial charge in [0.1, 0.15) is 17.7 Å². The van der Waals surface area contributed by atoms with E-state index in [1.165, 1.54) is 20.4 Å². The Morgan fingerprint density at radius 2 is 2.00 bits per heavy atom. The maximum atomic E-state index is 12.6. The van der Waals surface area contributed by atoms with E-state index in [0.29, 0.717) is 10.2 Å². The smallest absolute Gasteiger partial charge is 0.332 e. The third kappa shape index (κ3) is 3.53. The van der Waals surface area contributed by atoms with Gasteiger partial charge in [-0.2, -0.15) is 0 Å². The molecule has 0 radical (unpaired) electrons. The fourth-order valence-corrected chi connectivity index (χ4v) is 3.44. The molecule has 2 aromatic heterocycles. The summed E-state index contributed by atoms with van der Waals surface area (Å²) >= 11 is 7.10. The number of carbonyl (C=O) groups excluding carboxylic acids is 1. The first-order valence-corrected chi connectivity index (χ1v) is 9.05. The molecule has 11 heteroatoms. The predicted molar refractivity (Wildman–Crippen MR) is 103 cm³/mol. The van der Waals surface area contributed by atoms with Gasteiger partial charge in [0.05, 0.1) is 11.4 Å². The number of Topliss-reactive ketones (excluding diaryl/α,β-unsaturated/α-hetero) is 1. The van der Waals surface area contributed by atoms with Crippen molar-refractivity contribution >= 4 is 35.0 Å². The Bertz CT molecular complexity index is 1150. The molecule has 0 saturated heterocycles. The molecule has 0 aliphatic rings. The molecule has 2 N–H and O–H groups in total. The minimum Gasteiger partial charge on any atom is -0.384 e. The summed E-state index contributed by atoms with van der Waals surface area (Å²) in [6.07, 6.45) is 1.50. The number of ketones is 1. The lowest BCUT2D eigenvalue weighted by molar-refractivity contribution is 0.102. The number of benzene rings is 1. The number of anilines is 1. The van der Waals surface area contributed by atoms with Crippen molar-refractivity contribution in [2.75, 3.05) is 11.5 Å². The Morgan fingerprint density at radius 3 is 2.70 bits per heavy atom. The molecule has 0 unspecified atom stereocenters. The summed E-state index contributed by atoms with van der Waals surface area (Å²) in [7, 11) is 2.70. The van der Waals surface area contributed by atoms with Gasteiger partial charge in [-0.1, -0.05) is 29.4 Å². The van der Waals surface area contributed by atoms with Gasteiger partial charge in [0.25, 0.3) is 5.56 Å². The summed E-state index contributed by atoms with van der Waals surface area (Å²) < 4.78 is 3.59. The van der Waals surface area contributed by atoms with Crippen LogP contribution in [0.5, 0.6) is 0 Å². The number of hydrogen-bond acceptors (Lipinski definition) is 7. The maximum Gasteiger partial charge on any atom is 0.332 e. The lowest BCUT2D eigenvalue weighted by atomic mass is 10.2. The molecule has 3 aromatic rings. The number of thioether (sulfide) groups is 1. The van der Waals surface area contributed by atoms with Crippen LogP contribution in [0.3, 0.4) is 0 Å². The molecule has 2 heterocycles. The fourth-order valence-electron chi connectivity index (χ4n) is 2.45. The van der Waals surface area contributed by atoms with Crippen molar-refractivity contribution in [3.63, 3.8) is 0 Å². The van der Waals surface area contributed by atoms with E-state index in [-0.39, 0.29) is 17.1 Å². The van der Waals surface area contributed by atoms with Gasteiger partial charge >= 0.3 is 5.69 Å². The minimum absolute atomic E-state index is 0.100. The van der Waals surface area contributed by atoms with Crippen LogP contribution in [0.1, 0.15) is 10.4 Å². The summed E-state index contributed by atoms with van der Waals surface area (Å²) in [6, 6.07) is 7.08. The Hall–Kier alpha value is -2.85. The molecule has 27 heavy (non-hydrogen) atoms. The fraction of sp³-hybridized carbons (Fsp3) is 0.188. The van der Waals surface area contributed by atoms with E-state index in [4.69, 9.17) is 17.3 Å². The number of nitrogens with two attached hydrogens (primary N) is 1. The molecular formula is C16H15ClN6O3S. The van der Waals surface area contributed by atoms with Crippen molar-refractivity contribution in [3.8, 4) is 5.69 Å². The Kier molecular flexibility index (Phi) is 5.19. The van der Waals surface area contributed by atoms with Crippen molar-refractivity contribution in [2.45, 2.75) is 5.16 Å². The number of rotatable bonds is 5. The highest BCUT2D eigenvalue weighted by Crippen LogP contribution is 2.22. The average Bonchev–Trinajstić information content (AvgIpc) is 3.12. The van der Waals surface area contributed by atoms with Crippen LogP contribution in [0.2, 0.25) is 5.02 Å². The zero-order chi connectivity index (χ0) is 19.7. The Balaban J connectivity index is 1.88. The standard InChI is InChI=1S/C16H15ClN6O3S/c1-21-13(18)12(14(25)22(2)16(21)26)11(24)7-27-15-20-19-8-23(15)10-5-3-4-9(17)6-10/h3-6,8H,7,18H2,1-2H3. The summed E-state index contributed by atoms with van der Waals surface area (Å²) in [5.74, 6) is -0.768. The van der Waals surface area contributed by atoms with Crippen LogP contribution in [0.15, 0.2) is 45.3 Å². The number of aromatic nitrogens is 5. The number of hydrogen-bond donors (Lipinski definition) is 1. The van der Waals surface area contributed by atoms with E-state index in [9.17, 15) is 14.4 Å². The van der Waals surface area contributed by atoms with Gasteiger partial charge in [-0.25, -0.2) is 4.79 Å². The first-order chi connectivity index (χ1) is 12.8. The molecule has 3 rings (SSSR count). The Morgan fingerprint density at radius 1 is 1.26 bits per heavy atom. The highest BCUT2D eigenvalue weighted by atomic mass is 35.5. The summed E-state index contributed by atoms with van der Waals surface area (Å²) in [6.45, 7) is 0. The van der Waals surface area contributed by atoms with Crippen LogP contribution in [0.4, 0.5) is 5.82 Å². The van der Waals surface area contributed by atoms with E-state index in [1.54, 1.807) is 22.8 Å². The summed E-state index contributed by atoms with van der Waals surface area (Å²) in [5, 5.41) is 8.85. The van der Waals surface area contributed by atoms with Crippen LogP contribution in [-0.2, 0) is 14.1 Å². The van der Waals surface area contributed by atoms with Crippen LogP contribution >= 0.6 is 23.4 Å². The quantitative estimate of drug-likeness (QED) is 0.493. The van der Waals surface area contributed by atoms with Gasteiger partial charge in [-0.3, -0.25) is 23.3 Å². The molecule has 0 saturated carbocycles. The first kappa shape index (κ1) is 18.9. The van der Waals surface area contributed by atoms with E-state index in [1.807, 2.05) is 6.07 Å². The lowest BCUT2D eigenvalue weighted by Crippen LogP contribution is -2.41. The van der Waals surface area contributed by atoms with Crippen molar-refractivity contribution in [1.29, 1.82) is 0 Å². The van der Waals surface area contributed by atoms with E-state index < -0.39 is 17.0 Å². The lowest BCUT2D eigenvalue weighted by Gasteiger charge is -2.10. The van der Waals surface area contributed by atoms with Crippen LogP contribution in [0, 0.1) is 0 Å². The number of nitrogen functional groups attached to an aromatic ring is 1. The van der Waals surface area contributed by atoms with Gasteiger partial charge in [0.15, 0.2) is 10.9 Å². The van der Waals surface area contributed by atoms with E-state index in [2.05, 4.69) is 10.2 Å². The van der Waals surface area contributed by atoms with Crippen LogP contribution in [0.25, 0.3) is 5.69 Å². The van der Waals surface area contributed by atoms with Gasteiger partial charge in [0.2, 0.25) is 0 Å². The molecule has 0 aliphatic heterocycles. The second kappa shape index (κ2) is 7.41. The van der Waals surface area contributed by atoms with Crippen molar-refractivity contribution in [1.82, 2.24) is 23.9 Å². The Labute approximate surface area is 162 Å². The largest absolute Gasteiger partial charge is 0.384 e. The zero-order valence-electron chi connectivity index (χ0n) is 14.4. The summed E-state index contributed by atoms with van der Waals surface area (Å²) in [5.41, 5.74) is 5.01. The third-order valence-electron chi connectivity index (χ3n) is 3.92. The van der Waals surface area contributed by atoms with Crippen LogP contribution < -0.4 is 17.0 Å². The molecule has 0 fully saturated rings. The minimum atomic E-state index is -0.725. The predicted octanol–water partition coefficient (Wildman–Crippen LogP) is 0.875. The number of nitrogens with zero attached hydrogens (tertiary/aromatic N) is 5. The second-order valence-electron chi connectivity index (χ2n) is 5.64. The molecule has 0 spiro atoms. The monoisotopic (exact) mass is 406 g/mol. The van der Waals surface area contributed by atoms with Gasteiger partial charge < -0.3 is 5.73 Å². The molecule has 0 bridgehead atoms. The molecule has 9 nitrogen and oxygen atoms in total. The third-order valence-corrected chi connectivity index (χ3v) is 5.10. The maximum absolute atomic E-state index is 12.6. The molecular weight excluding hydrogens is 392 g/mol. The number of halogens is 1. The summed E-state index contributed by atoms with van der Waals surface area (Å²) in [4.78, 5) is 36.7. The average molecular weight is 407 g/mol. The first-order valence-electron chi connectivity index (χ1n) is 7.68. The highest BCUT2D eigenvalue weighted by Gasteiger charge is 2.21. The van der Waals surface area contributed by atoms with Crippen LogP contribution in [-0.4, -0.2) is 35.4 Å². The molecule has 0 atom stereocenters.